The van der Waals surface area contributed by atoms with E-state index in [0.717, 1.165) is 29.5 Å². The van der Waals surface area contributed by atoms with Crippen LogP contribution in [0.5, 0.6) is 5.75 Å². The van der Waals surface area contributed by atoms with Crippen molar-refractivity contribution in [3.05, 3.63) is 70.3 Å². The fraction of sp³-hybridized carbons (Fsp3) is 0.250. The third-order valence-corrected chi connectivity index (χ3v) is 7.07. The molecule has 0 spiro atoms. The lowest BCUT2D eigenvalue weighted by Gasteiger charge is -2.31. The molecule has 1 saturated heterocycles. The summed E-state index contributed by atoms with van der Waals surface area (Å²) in [5.74, 6) is 0.224. The number of nitrogens with one attached hydrogen (secondary N) is 2. The highest BCUT2D eigenvalue weighted by molar-refractivity contribution is 7.07. The second kappa shape index (κ2) is 10.0. The topological polar surface area (TPSA) is 96.0 Å². The first kappa shape index (κ1) is 23.3. The van der Waals surface area contributed by atoms with Gasteiger partial charge in [-0.15, -0.1) is 11.3 Å². The van der Waals surface area contributed by atoms with Crippen molar-refractivity contribution in [1.82, 2.24) is 24.8 Å². The number of nitrogens with zero attached hydrogens (tertiary/aromatic N) is 4. The number of aromatic amines is 1. The zero-order valence-corrected chi connectivity index (χ0v) is 20.2. The Morgan fingerprint density at radius 1 is 1.34 bits per heavy atom. The van der Waals surface area contributed by atoms with E-state index in [1.807, 2.05) is 11.6 Å². The van der Waals surface area contributed by atoms with E-state index >= 15 is 4.39 Å². The summed E-state index contributed by atoms with van der Waals surface area (Å²) in [5.41, 5.74) is 4.31. The fourth-order valence-electron chi connectivity index (χ4n) is 4.27. The minimum Gasteiger partial charge on any atom is -0.486 e. The van der Waals surface area contributed by atoms with Gasteiger partial charge in [0.1, 0.15) is 35.2 Å². The number of rotatable bonds is 7. The van der Waals surface area contributed by atoms with Crippen LogP contribution >= 0.6 is 22.9 Å². The summed E-state index contributed by atoms with van der Waals surface area (Å²) < 4.78 is 20.8. The van der Waals surface area contributed by atoms with Gasteiger partial charge in [0, 0.05) is 24.7 Å². The zero-order valence-electron chi connectivity index (χ0n) is 18.6. The van der Waals surface area contributed by atoms with Gasteiger partial charge in [-0.2, -0.15) is 0 Å². The number of benzene rings is 1. The molecule has 0 saturated carbocycles. The summed E-state index contributed by atoms with van der Waals surface area (Å²) >= 11 is 7.73. The number of carbonyl (C=O) groups is 1. The number of piperidine rings is 1. The van der Waals surface area contributed by atoms with E-state index in [1.165, 1.54) is 23.7 Å². The molecule has 0 aliphatic carbocycles. The van der Waals surface area contributed by atoms with Crippen molar-refractivity contribution in [2.45, 2.75) is 25.4 Å². The zero-order chi connectivity index (χ0) is 24.4. The van der Waals surface area contributed by atoms with E-state index in [2.05, 4.69) is 31.8 Å². The van der Waals surface area contributed by atoms with E-state index in [4.69, 9.17) is 16.3 Å². The number of likely N-dealkylation sites (tertiary alicyclic amines) is 1. The van der Waals surface area contributed by atoms with Crippen LogP contribution in [0.4, 0.5) is 15.9 Å². The Morgan fingerprint density at radius 2 is 2.17 bits per heavy atom. The number of H-pyrrole nitrogens is 1. The quantitative estimate of drug-likeness (QED) is 0.321. The summed E-state index contributed by atoms with van der Waals surface area (Å²) in [7, 11) is 0. The lowest BCUT2D eigenvalue weighted by atomic mass is 9.89. The maximum Gasteiger partial charge on any atom is 0.245 e. The van der Waals surface area contributed by atoms with Gasteiger partial charge in [-0.1, -0.05) is 18.2 Å². The van der Waals surface area contributed by atoms with E-state index in [-0.39, 0.29) is 34.9 Å². The number of amides is 1. The number of aromatic nitrogens is 4. The standard InChI is InChI=1S/C24H22ClFN6O2S/c1-2-19(33)32-7-5-14(6-8-32)16-9-27-23-20(16)24(29-12-28-23)31-17-3-4-18(21(25)22(17)26)34-10-15-11-35-13-30-15/h2-4,9,11-14H,1,5-8,10H2,(H2,27,28,29,31). The Bertz CT molecular complexity index is 1370. The number of fused-ring (bicyclic) bond motifs is 1. The minimum absolute atomic E-state index is 0.0561. The second-order valence-corrected chi connectivity index (χ2v) is 9.22. The Morgan fingerprint density at radius 3 is 2.91 bits per heavy atom. The lowest BCUT2D eigenvalue weighted by molar-refractivity contribution is -0.127. The fourth-order valence-corrected chi connectivity index (χ4v) is 5.03. The van der Waals surface area contributed by atoms with Gasteiger partial charge < -0.3 is 19.9 Å². The molecule has 4 aromatic rings. The van der Waals surface area contributed by atoms with Crippen LogP contribution in [0.3, 0.4) is 0 Å². The summed E-state index contributed by atoms with van der Waals surface area (Å²) in [4.78, 5) is 29.8. The third kappa shape index (κ3) is 4.71. The van der Waals surface area contributed by atoms with Crippen LogP contribution in [0, 0.1) is 5.82 Å². The first-order valence-electron chi connectivity index (χ1n) is 11.0. The van der Waals surface area contributed by atoms with Gasteiger partial charge >= 0.3 is 0 Å². The van der Waals surface area contributed by atoms with Crippen molar-refractivity contribution in [2.24, 2.45) is 0 Å². The first-order valence-corrected chi connectivity index (χ1v) is 12.4. The molecule has 1 amide bonds. The maximum absolute atomic E-state index is 15.2. The normalized spacial score (nSPS) is 14.3. The van der Waals surface area contributed by atoms with Gasteiger partial charge in [-0.05, 0) is 42.5 Å². The van der Waals surface area contributed by atoms with E-state index in [0.29, 0.717) is 24.6 Å². The first-order chi connectivity index (χ1) is 17.0. The molecule has 1 aromatic carbocycles. The Labute approximate surface area is 209 Å². The van der Waals surface area contributed by atoms with Crippen molar-refractivity contribution in [1.29, 1.82) is 0 Å². The highest BCUT2D eigenvalue weighted by Crippen LogP contribution is 2.38. The molecule has 35 heavy (non-hydrogen) atoms. The number of ether oxygens (including phenoxy) is 1. The molecular formula is C24H22ClFN6O2S. The summed E-state index contributed by atoms with van der Waals surface area (Å²) in [6.07, 6.45) is 6.27. The molecule has 0 unspecified atom stereocenters. The molecule has 8 nitrogen and oxygen atoms in total. The van der Waals surface area contributed by atoms with Crippen molar-refractivity contribution in [2.75, 3.05) is 18.4 Å². The maximum atomic E-state index is 15.2. The largest absolute Gasteiger partial charge is 0.486 e. The number of hydrogen-bond donors (Lipinski definition) is 2. The predicted octanol–water partition coefficient (Wildman–Crippen LogP) is 5.42. The number of anilines is 2. The van der Waals surface area contributed by atoms with Crippen LogP contribution < -0.4 is 10.1 Å². The van der Waals surface area contributed by atoms with E-state index < -0.39 is 5.82 Å². The monoisotopic (exact) mass is 512 g/mol. The summed E-state index contributed by atoms with van der Waals surface area (Å²) in [5, 5.41) is 5.61. The van der Waals surface area contributed by atoms with Crippen molar-refractivity contribution in [3.63, 3.8) is 0 Å². The number of carbonyl (C=O) groups excluding carboxylic acids is 1. The van der Waals surface area contributed by atoms with Crippen molar-refractivity contribution >= 4 is 51.4 Å². The Hall–Kier alpha value is -3.50. The van der Waals surface area contributed by atoms with Crippen LogP contribution in [0.1, 0.15) is 30.0 Å². The van der Waals surface area contributed by atoms with Crippen LogP contribution in [0.15, 0.2) is 48.2 Å². The van der Waals surface area contributed by atoms with Crippen LogP contribution in [0.2, 0.25) is 5.02 Å². The lowest BCUT2D eigenvalue weighted by Crippen LogP contribution is -2.36. The van der Waals surface area contributed by atoms with Crippen LogP contribution in [-0.2, 0) is 11.4 Å². The molecule has 1 aliphatic heterocycles. The van der Waals surface area contributed by atoms with Gasteiger partial charge in [0.2, 0.25) is 5.91 Å². The van der Waals surface area contributed by atoms with Gasteiger partial charge in [-0.25, -0.2) is 19.3 Å². The smallest absolute Gasteiger partial charge is 0.245 e. The number of thiazole rings is 1. The molecule has 2 N–H and O–H groups in total. The highest BCUT2D eigenvalue weighted by Gasteiger charge is 2.26. The van der Waals surface area contributed by atoms with E-state index in [1.54, 1.807) is 22.5 Å². The molecular weight excluding hydrogens is 491 g/mol. The molecule has 0 atom stereocenters. The van der Waals surface area contributed by atoms with Crippen LogP contribution in [-0.4, -0.2) is 43.8 Å². The molecule has 0 bridgehead atoms. The summed E-state index contributed by atoms with van der Waals surface area (Å²) in [6, 6.07) is 3.18. The Balaban J connectivity index is 1.38. The number of hydrogen-bond acceptors (Lipinski definition) is 7. The number of halogens is 2. The molecule has 1 fully saturated rings. The second-order valence-electron chi connectivity index (χ2n) is 8.13. The molecule has 3 aromatic heterocycles. The van der Waals surface area contributed by atoms with Gasteiger partial charge in [0.05, 0.1) is 22.3 Å². The van der Waals surface area contributed by atoms with E-state index in [9.17, 15) is 4.79 Å². The molecule has 11 heteroatoms. The van der Waals surface area contributed by atoms with Crippen molar-refractivity contribution < 1.29 is 13.9 Å². The third-order valence-electron chi connectivity index (χ3n) is 6.08. The highest BCUT2D eigenvalue weighted by atomic mass is 35.5. The van der Waals surface area contributed by atoms with Gasteiger partial charge in [-0.3, -0.25) is 4.79 Å². The molecule has 0 radical (unpaired) electrons. The van der Waals surface area contributed by atoms with Crippen molar-refractivity contribution in [3.8, 4) is 5.75 Å². The Kier molecular flexibility index (Phi) is 6.65. The van der Waals surface area contributed by atoms with Gasteiger partial charge in [0.25, 0.3) is 0 Å². The molecule has 1 aliphatic rings. The molecule has 4 heterocycles. The molecule has 5 rings (SSSR count). The minimum atomic E-state index is -0.637. The SMILES string of the molecule is C=CC(=O)N1CCC(c2c[nH]c3ncnc(Nc4ccc(OCc5cscn5)c(Cl)c4F)c23)CC1. The predicted molar refractivity (Wildman–Crippen MR) is 134 cm³/mol. The average molecular weight is 513 g/mol. The summed E-state index contributed by atoms with van der Waals surface area (Å²) in [6.45, 7) is 5.05. The average Bonchev–Trinajstić information content (AvgIpc) is 3.57. The molecule has 180 valence electrons. The van der Waals surface area contributed by atoms with Gasteiger partial charge in [0.15, 0.2) is 5.82 Å². The van der Waals surface area contributed by atoms with Crippen LogP contribution in [0.25, 0.3) is 11.0 Å².